The maximum Gasteiger partial charge on any atom is 0.251 e. The number of methoxy groups -OCH3 is 2. The maximum atomic E-state index is 12.1. The molecular weight excluding hydrogens is 258 g/mol. The molecule has 0 radical (unpaired) electrons. The van der Waals surface area contributed by atoms with E-state index in [1.165, 1.54) is 7.11 Å². The SMILES string of the molecule is COc1ccc(C(=O)NC(CO)CC(C)C)cc1OC. The van der Waals surface area contributed by atoms with Gasteiger partial charge >= 0.3 is 0 Å². The lowest BCUT2D eigenvalue weighted by Crippen LogP contribution is -2.38. The molecule has 112 valence electrons. The molecule has 1 aromatic rings. The van der Waals surface area contributed by atoms with E-state index in [0.717, 1.165) is 6.42 Å². The largest absolute Gasteiger partial charge is 0.493 e. The third-order valence-corrected chi connectivity index (χ3v) is 2.96. The molecule has 1 aromatic carbocycles. The molecule has 5 nitrogen and oxygen atoms in total. The fourth-order valence-electron chi connectivity index (χ4n) is 1.99. The summed E-state index contributed by atoms with van der Waals surface area (Å²) in [5.41, 5.74) is 0.477. The minimum atomic E-state index is -0.240. The third-order valence-electron chi connectivity index (χ3n) is 2.96. The summed E-state index contributed by atoms with van der Waals surface area (Å²) in [7, 11) is 3.07. The monoisotopic (exact) mass is 281 g/mol. The van der Waals surface area contributed by atoms with Crippen LogP contribution in [0.2, 0.25) is 0 Å². The van der Waals surface area contributed by atoms with Crippen LogP contribution >= 0.6 is 0 Å². The average Bonchev–Trinajstić information content (AvgIpc) is 2.45. The number of benzene rings is 1. The predicted molar refractivity (Wildman–Crippen MR) is 77.3 cm³/mol. The van der Waals surface area contributed by atoms with Gasteiger partial charge in [0.25, 0.3) is 5.91 Å². The van der Waals surface area contributed by atoms with Gasteiger partial charge in [0.05, 0.1) is 26.9 Å². The van der Waals surface area contributed by atoms with Crippen LogP contribution in [-0.4, -0.2) is 37.9 Å². The highest BCUT2D eigenvalue weighted by Gasteiger charge is 2.16. The molecule has 0 aromatic heterocycles. The zero-order valence-corrected chi connectivity index (χ0v) is 12.5. The molecule has 1 rings (SSSR count). The van der Waals surface area contributed by atoms with Gasteiger partial charge in [0.2, 0.25) is 0 Å². The van der Waals surface area contributed by atoms with Crippen LogP contribution in [0.5, 0.6) is 11.5 Å². The van der Waals surface area contributed by atoms with Gasteiger partial charge in [-0.15, -0.1) is 0 Å². The van der Waals surface area contributed by atoms with E-state index in [-0.39, 0.29) is 18.6 Å². The number of nitrogens with one attached hydrogen (secondary N) is 1. The number of hydrogen-bond donors (Lipinski definition) is 2. The standard InChI is InChI=1S/C15H23NO4/c1-10(2)7-12(9-17)16-15(18)11-5-6-13(19-3)14(8-11)20-4/h5-6,8,10,12,17H,7,9H2,1-4H3,(H,16,18). The Morgan fingerprint density at radius 1 is 1.25 bits per heavy atom. The van der Waals surface area contributed by atoms with Crippen LogP contribution in [0.15, 0.2) is 18.2 Å². The summed E-state index contributed by atoms with van der Waals surface area (Å²) in [6.07, 6.45) is 0.732. The molecule has 0 aliphatic carbocycles. The molecule has 0 saturated heterocycles. The second-order valence-electron chi connectivity index (χ2n) is 5.05. The van der Waals surface area contributed by atoms with Gasteiger partial charge in [-0.2, -0.15) is 0 Å². The van der Waals surface area contributed by atoms with Crippen molar-refractivity contribution >= 4 is 5.91 Å². The number of carbonyl (C=O) groups excluding carboxylic acids is 1. The van der Waals surface area contributed by atoms with Crippen LogP contribution in [0.25, 0.3) is 0 Å². The first-order valence-electron chi connectivity index (χ1n) is 6.65. The molecule has 1 amide bonds. The van der Waals surface area contributed by atoms with Gasteiger partial charge in [-0.05, 0) is 30.5 Å². The number of hydrogen-bond acceptors (Lipinski definition) is 4. The van der Waals surface area contributed by atoms with Gasteiger partial charge in [-0.1, -0.05) is 13.8 Å². The second-order valence-corrected chi connectivity index (χ2v) is 5.05. The Bertz CT molecular complexity index is 445. The lowest BCUT2D eigenvalue weighted by Gasteiger charge is -2.18. The Hall–Kier alpha value is -1.75. The smallest absolute Gasteiger partial charge is 0.251 e. The summed E-state index contributed by atoms with van der Waals surface area (Å²) in [6, 6.07) is 4.73. The molecule has 0 heterocycles. The van der Waals surface area contributed by atoms with Crippen molar-refractivity contribution in [3.05, 3.63) is 23.8 Å². The number of carbonyl (C=O) groups is 1. The van der Waals surface area contributed by atoms with Gasteiger partial charge in [0.1, 0.15) is 0 Å². The van der Waals surface area contributed by atoms with E-state index in [4.69, 9.17) is 9.47 Å². The van der Waals surface area contributed by atoms with Gasteiger partial charge in [-0.3, -0.25) is 4.79 Å². The number of ether oxygens (including phenoxy) is 2. The lowest BCUT2D eigenvalue weighted by atomic mass is 10.0. The number of aliphatic hydroxyl groups excluding tert-OH is 1. The van der Waals surface area contributed by atoms with Crippen molar-refractivity contribution in [3.8, 4) is 11.5 Å². The molecule has 1 unspecified atom stereocenters. The molecule has 0 fully saturated rings. The van der Waals surface area contributed by atoms with E-state index >= 15 is 0 Å². The van der Waals surface area contributed by atoms with Gasteiger partial charge in [0.15, 0.2) is 11.5 Å². The van der Waals surface area contributed by atoms with Crippen LogP contribution in [-0.2, 0) is 0 Å². The fraction of sp³-hybridized carbons (Fsp3) is 0.533. The third kappa shape index (κ3) is 4.42. The van der Waals surface area contributed by atoms with Crippen LogP contribution in [0.1, 0.15) is 30.6 Å². The van der Waals surface area contributed by atoms with Crippen molar-refractivity contribution in [2.75, 3.05) is 20.8 Å². The van der Waals surface area contributed by atoms with Gasteiger partial charge < -0.3 is 19.9 Å². The fourth-order valence-corrected chi connectivity index (χ4v) is 1.99. The molecule has 20 heavy (non-hydrogen) atoms. The molecule has 0 aliphatic rings. The van der Waals surface area contributed by atoms with E-state index < -0.39 is 0 Å². The normalized spacial score (nSPS) is 12.1. The van der Waals surface area contributed by atoms with E-state index in [1.807, 2.05) is 13.8 Å². The maximum absolute atomic E-state index is 12.1. The summed E-state index contributed by atoms with van der Waals surface area (Å²) in [4.78, 5) is 12.1. The Balaban J connectivity index is 2.81. The van der Waals surface area contributed by atoms with E-state index in [2.05, 4.69) is 5.32 Å². The molecule has 0 aliphatic heterocycles. The molecule has 0 bridgehead atoms. The molecule has 0 spiro atoms. The van der Waals surface area contributed by atoms with Crippen LogP contribution in [0, 0.1) is 5.92 Å². The summed E-state index contributed by atoms with van der Waals surface area (Å²) >= 11 is 0. The minimum Gasteiger partial charge on any atom is -0.493 e. The van der Waals surface area contributed by atoms with Crippen molar-refractivity contribution in [1.82, 2.24) is 5.32 Å². The zero-order valence-electron chi connectivity index (χ0n) is 12.5. The quantitative estimate of drug-likeness (QED) is 0.800. The molecule has 1 atom stereocenters. The number of rotatable bonds is 7. The van der Waals surface area contributed by atoms with Gasteiger partial charge in [0, 0.05) is 5.56 Å². The van der Waals surface area contributed by atoms with Crippen molar-refractivity contribution in [2.45, 2.75) is 26.3 Å². The van der Waals surface area contributed by atoms with Crippen molar-refractivity contribution in [1.29, 1.82) is 0 Å². The Kier molecular flexibility index (Phi) is 6.31. The van der Waals surface area contributed by atoms with Gasteiger partial charge in [-0.25, -0.2) is 0 Å². The highest BCUT2D eigenvalue weighted by atomic mass is 16.5. The highest BCUT2D eigenvalue weighted by molar-refractivity contribution is 5.95. The molecular formula is C15H23NO4. The first-order valence-corrected chi connectivity index (χ1v) is 6.65. The summed E-state index contributed by atoms with van der Waals surface area (Å²) in [5.74, 6) is 1.25. The predicted octanol–water partition coefficient (Wildman–Crippen LogP) is 1.84. The van der Waals surface area contributed by atoms with Crippen molar-refractivity contribution in [3.63, 3.8) is 0 Å². The first kappa shape index (κ1) is 16.3. The van der Waals surface area contributed by atoms with Crippen LogP contribution in [0.4, 0.5) is 0 Å². The Morgan fingerprint density at radius 2 is 1.90 bits per heavy atom. The summed E-state index contributed by atoms with van der Waals surface area (Å²) in [6.45, 7) is 4.02. The van der Waals surface area contributed by atoms with E-state index in [9.17, 15) is 9.90 Å². The Morgan fingerprint density at radius 3 is 2.40 bits per heavy atom. The highest BCUT2D eigenvalue weighted by Crippen LogP contribution is 2.27. The average molecular weight is 281 g/mol. The molecule has 2 N–H and O–H groups in total. The number of aliphatic hydroxyl groups is 1. The molecule has 0 saturated carbocycles. The zero-order chi connectivity index (χ0) is 15.1. The van der Waals surface area contributed by atoms with Crippen molar-refractivity contribution in [2.24, 2.45) is 5.92 Å². The van der Waals surface area contributed by atoms with E-state index in [0.29, 0.717) is 23.0 Å². The topological polar surface area (TPSA) is 67.8 Å². The van der Waals surface area contributed by atoms with Crippen LogP contribution < -0.4 is 14.8 Å². The van der Waals surface area contributed by atoms with E-state index in [1.54, 1.807) is 25.3 Å². The first-order chi connectivity index (χ1) is 9.51. The lowest BCUT2D eigenvalue weighted by molar-refractivity contribution is 0.0908. The van der Waals surface area contributed by atoms with Crippen molar-refractivity contribution < 1.29 is 19.4 Å². The summed E-state index contributed by atoms with van der Waals surface area (Å²) in [5, 5.41) is 12.1. The second kappa shape index (κ2) is 7.75. The summed E-state index contributed by atoms with van der Waals surface area (Å²) < 4.78 is 10.3. The number of amides is 1. The van der Waals surface area contributed by atoms with Crippen LogP contribution in [0.3, 0.4) is 0 Å². The minimum absolute atomic E-state index is 0.0722. The Labute approximate surface area is 119 Å². The molecule has 5 heteroatoms.